The van der Waals surface area contributed by atoms with Gasteiger partial charge in [0.15, 0.2) is 0 Å². The first-order valence-electron chi connectivity index (χ1n) is 4.99. The van der Waals surface area contributed by atoms with E-state index in [2.05, 4.69) is 13.8 Å². The van der Waals surface area contributed by atoms with Crippen molar-refractivity contribution < 1.29 is 38.7 Å². The molecule has 4 heteroatoms. The second-order valence-corrected chi connectivity index (χ2v) is 2.96. The Labute approximate surface area is 126 Å². The van der Waals surface area contributed by atoms with Gasteiger partial charge in [-0.1, -0.05) is 39.0 Å². The molecule has 0 fully saturated rings. The summed E-state index contributed by atoms with van der Waals surface area (Å²) in [4.78, 5) is 0. The standard InChI is InChI=1S/C10H22O.2BrH.Mg/c1-3-5-6-7-8-9-10-11-4-2;;;/h3-10H2,1-2H3;2*1H;/q;;;+2/p-2. The summed E-state index contributed by atoms with van der Waals surface area (Å²) in [5, 5.41) is 0. The predicted molar refractivity (Wildman–Crippen MR) is 55.6 cm³/mol. The first-order chi connectivity index (χ1) is 5.41. The smallest absolute Gasteiger partial charge is 1.00 e. The molecule has 0 rings (SSSR count). The minimum absolute atomic E-state index is 0. The molecule has 0 aromatic heterocycles. The Kier molecular flexibility index (Phi) is 42.6. The van der Waals surface area contributed by atoms with Gasteiger partial charge in [0, 0.05) is 13.2 Å². The van der Waals surface area contributed by atoms with Gasteiger partial charge in [-0.2, -0.15) is 0 Å². The number of ether oxygens (including phenoxy) is 1. The zero-order valence-electron chi connectivity index (χ0n) is 9.53. The Bertz CT molecular complexity index is 67.1. The first-order valence-corrected chi connectivity index (χ1v) is 4.99. The van der Waals surface area contributed by atoms with Gasteiger partial charge in [0.1, 0.15) is 0 Å². The largest absolute Gasteiger partial charge is 2.00 e. The van der Waals surface area contributed by atoms with Gasteiger partial charge < -0.3 is 38.7 Å². The quantitative estimate of drug-likeness (QED) is 0.338. The summed E-state index contributed by atoms with van der Waals surface area (Å²) >= 11 is 0. The van der Waals surface area contributed by atoms with Gasteiger partial charge in [-0.25, -0.2) is 0 Å². The van der Waals surface area contributed by atoms with Crippen LogP contribution >= 0.6 is 0 Å². The minimum atomic E-state index is 0. The summed E-state index contributed by atoms with van der Waals surface area (Å²) < 4.78 is 5.24. The van der Waals surface area contributed by atoms with Crippen LogP contribution in [0, 0.1) is 0 Å². The molecule has 0 saturated heterocycles. The molecule has 0 aliphatic rings. The van der Waals surface area contributed by atoms with E-state index in [0.717, 1.165) is 13.2 Å². The molecule has 84 valence electrons. The fourth-order valence-corrected chi connectivity index (χ4v) is 1.13. The van der Waals surface area contributed by atoms with E-state index in [4.69, 9.17) is 4.74 Å². The number of hydrogen-bond donors (Lipinski definition) is 0. The van der Waals surface area contributed by atoms with Gasteiger partial charge in [0.2, 0.25) is 0 Å². The average molecular weight is 342 g/mol. The van der Waals surface area contributed by atoms with Crippen molar-refractivity contribution in [1.82, 2.24) is 0 Å². The van der Waals surface area contributed by atoms with E-state index in [1.54, 1.807) is 0 Å². The molecule has 0 radical (unpaired) electrons. The van der Waals surface area contributed by atoms with Crippen molar-refractivity contribution in [2.24, 2.45) is 0 Å². The number of rotatable bonds is 8. The SMILES string of the molecule is CCCCCCCCOCC.[Br-].[Br-].[Mg+2]. The predicted octanol–water partition coefficient (Wildman–Crippen LogP) is -2.99. The number of hydrogen-bond acceptors (Lipinski definition) is 1. The maximum absolute atomic E-state index is 5.24. The van der Waals surface area contributed by atoms with Crippen LogP contribution in [0.4, 0.5) is 0 Å². The summed E-state index contributed by atoms with van der Waals surface area (Å²) in [5.74, 6) is 0. The third-order valence-electron chi connectivity index (χ3n) is 1.85. The van der Waals surface area contributed by atoms with Gasteiger partial charge in [-0.05, 0) is 13.3 Å². The van der Waals surface area contributed by atoms with Crippen molar-refractivity contribution in [2.75, 3.05) is 13.2 Å². The molecule has 0 heterocycles. The van der Waals surface area contributed by atoms with Crippen LogP contribution in [0.3, 0.4) is 0 Å². The molecule has 0 N–H and O–H groups in total. The average Bonchev–Trinajstić information content (AvgIpc) is 2.03. The molecule has 0 aromatic rings. The molecule has 0 atom stereocenters. The van der Waals surface area contributed by atoms with E-state index in [1.807, 2.05) is 0 Å². The normalized spacial score (nSPS) is 8.14. The van der Waals surface area contributed by atoms with Gasteiger partial charge in [0.25, 0.3) is 0 Å². The van der Waals surface area contributed by atoms with Crippen LogP contribution in [0.5, 0.6) is 0 Å². The maximum atomic E-state index is 5.24. The molecule has 0 spiro atoms. The van der Waals surface area contributed by atoms with Crippen molar-refractivity contribution >= 4 is 23.1 Å². The molecule has 0 amide bonds. The van der Waals surface area contributed by atoms with Crippen LogP contribution in [0.25, 0.3) is 0 Å². The second kappa shape index (κ2) is 24.1. The molecule has 0 saturated carbocycles. The van der Waals surface area contributed by atoms with Crippen LogP contribution in [-0.2, 0) is 4.74 Å². The third-order valence-corrected chi connectivity index (χ3v) is 1.85. The van der Waals surface area contributed by atoms with E-state index >= 15 is 0 Å². The van der Waals surface area contributed by atoms with E-state index in [1.165, 1.54) is 38.5 Å². The molecule has 0 aromatic carbocycles. The molecule has 0 aliphatic heterocycles. The molecule has 1 nitrogen and oxygen atoms in total. The zero-order chi connectivity index (χ0) is 8.36. The Morgan fingerprint density at radius 3 is 1.79 bits per heavy atom. The monoisotopic (exact) mass is 340 g/mol. The third kappa shape index (κ3) is 23.5. The van der Waals surface area contributed by atoms with Crippen molar-refractivity contribution in [3.05, 3.63) is 0 Å². The molecule has 0 aliphatic carbocycles. The topological polar surface area (TPSA) is 9.23 Å². The van der Waals surface area contributed by atoms with Crippen LogP contribution < -0.4 is 34.0 Å². The number of halogens is 2. The van der Waals surface area contributed by atoms with E-state index in [0.29, 0.717) is 0 Å². The van der Waals surface area contributed by atoms with Crippen LogP contribution in [0.15, 0.2) is 0 Å². The van der Waals surface area contributed by atoms with E-state index < -0.39 is 0 Å². The summed E-state index contributed by atoms with van der Waals surface area (Å²) in [6.45, 7) is 6.13. The first kappa shape index (κ1) is 24.8. The van der Waals surface area contributed by atoms with Gasteiger partial charge in [0.05, 0.1) is 0 Å². The summed E-state index contributed by atoms with van der Waals surface area (Å²) in [7, 11) is 0. The van der Waals surface area contributed by atoms with Crippen molar-refractivity contribution in [1.29, 1.82) is 0 Å². The Balaban J connectivity index is -0.000000167. The van der Waals surface area contributed by atoms with Gasteiger partial charge in [-0.3, -0.25) is 0 Å². The van der Waals surface area contributed by atoms with E-state index in [-0.39, 0.29) is 57.0 Å². The molecule has 14 heavy (non-hydrogen) atoms. The number of unbranched alkanes of at least 4 members (excludes halogenated alkanes) is 5. The molecular weight excluding hydrogens is 320 g/mol. The minimum Gasteiger partial charge on any atom is -1.00 e. The fraction of sp³-hybridized carbons (Fsp3) is 1.00. The summed E-state index contributed by atoms with van der Waals surface area (Å²) in [5.41, 5.74) is 0. The Hall–Kier alpha value is 1.69. The molecule has 0 bridgehead atoms. The Morgan fingerprint density at radius 2 is 1.29 bits per heavy atom. The molecule has 0 unspecified atom stereocenters. The van der Waals surface area contributed by atoms with Crippen molar-refractivity contribution in [3.8, 4) is 0 Å². The van der Waals surface area contributed by atoms with Crippen LogP contribution in [-0.4, -0.2) is 36.3 Å². The van der Waals surface area contributed by atoms with Gasteiger partial charge in [-0.15, -0.1) is 0 Å². The maximum Gasteiger partial charge on any atom is 2.00 e. The van der Waals surface area contributed by atoms with Crippen molar-refractivity contribution in [3.63, 3.8) is 0 Å². The van der Waals surface area contributed by atoms with Gasteiger partial charge >= 0.3 is 23.1 Å². The van der Waals surface area contributed by atoms with E-state index in [9.17, 15) is 0 Å². The van der Waals surface area contributed by atoms with Crippen LogP contribution in [0.1, 0.15) is 52.4 Å². The summed E-state index contributed by atoms with van der Waals surface area (Å²) in [6.07, 6.45) is 8.13. The van der Waals surface area contributed by atoms with Crippen molar-refractivity contribution in [2.45, 2.75) is 52.4 Å². The second-order valence-electron chi connectivity index (χ2n) is 2.96. The molecular formula is C10H22Br2MgO. The fourth-order valence-electron chi connectivity index (χ4n) is 1.13. The Morgan fingerprint density at radius 1 is 0.786 bits per heavy atom. The van der Waals surface area contributed by atoms with Crippen LogP contribution in [0.2, 0.25) is 0 Å². The zero-order valence-corrected chi connectivity index (χ0v) is 14.1. The summed E-state index contributed by atoms with van der Waals surface area (Å²) in [6, 6.07) is 0.